The lowest BCUT2D eigenvalue weighted by atomic mass is 10.0. The summed E-state index contributed by atoms with van der Waals surface area (Å²) in [4.78, 5) is 18.8. The highest BCUT2D eigenvalue weighted by Gasteiger charge is 2.16. The highest BCUT2D eigenvalue weighted by molar-refractivity contribution is 5.76. The van der Waals surface area contributed by atoms with Crippen LogP contribution < -0.4 is 0 Å². The largest absolute Gasteiger partial charge is 0.395 e. The van der Waals surface area contributed by atoms with Gasteiger partial charge in [0.1, 0.15) is 0 Å². The van der Waals surface area contributed by atoms with E-state index in [0.29, 0.717) is 58.8 Å². The Kier molecular flexibility index (Phi) is 24.4. The molecular weight excluding hydrogens is 446 g/mol. The van der Waals surface area contributed by atoms with E-state index < -0.39 is 0 Å². The third-order valence-corrected chi connectivity index (χ3v) is 6.56. The van der Waals surface area contributed by atoms with E-state index in [4.69, 9.17) is 0 Å². The van der Waals surface area contributed by atoms with Gasteiger partial charge in [-0.15, -0.1) is 0 Å². The molecule has 8 nitrogen and oxygen atoms in total. The Balaban J connectivity index is 4.37. The summed E-state index contributed by atoms with van der Waals surface area (Å²) in [5.41, 5.74) is 0. The highest BCUT2D eigenvalue weighted by atomic mass is 16.3. The van der Waals surface area contributed by atoms with E-state index in [1.807, 2.05) is 14.7 Å². The van der Waals surface area contributed by atoms with E-state index >= 15 is 0 Å². The molecule has 0 aromatic heterocycles. The van der Waals surface area contributed by atoms with Gasteiger partial charge in [0.25, 0.3) is 0 Å². The Morgan fingerprint density at radius 3 is 1.29 bits per heavy atom. The monoisotopic (exact) mass is 503 g/mol. The Morgan fingerprint density at radius 2 is 0.914 bits per heavy atom. The fourth-order valence-corrected chi connectivity index (χ4v) is 4.35. The number of hydrogen-bond donors (Lipinski definition) is 4. The summed E-state index contributed by atoms with van der Waals surface area (Å²) in [6, 6.07) is 0. The first kappa shape index (κ1) is 34.2. The molecule has 1 amide bonds. The Morgan fingerprint density at radius 1 is 0.543 bits per heavy atom. The molecule has 0 aromatic carbocycles. The Hall–Kier alpha value is -0.770. The smallest absolute Gasteiger partial charge is 0.222 e. The van der Waals surface area contributed by atoms with Crippen LogP contribution in [0.25, 0.3) is 0 Å². The molecule has 0 aliphatic rings. The number of hydrogen-bond acceptors (Lipinski definition) is 7. The van der Waals surface area contributed by atoms with Gasteiger partial charge in [0, 0.05) is 58.8 Å². The molecule has 0 aliphatic heterocycles. The molecule has 0 radical (unpaired) electrons. The minimum atomic E-state index is 0.0205. The maximum atomic E-state index is 13.0. The number of nitrogens with zero attached hydrogens (tertiary/aromatic N) is 3. The van der Waals surface area contributed by atoms with Crippen molar-refractivity contribution in [2.75, 3.05) is 78.8 Å². The number of aliphatic hydroxyl groups excluding tert-OH is 4. The van der Waals surface area contributed by atoms with Crippen molar-refractivity contribution < 1.29 is 25.2 Å². The van der Waals surface area contributed by atoms with E-state index in [0.717, 1.165) is 18.8 Å². The molecule has 0 unspecified atom stereocenters. The van der Waals surface area contributed by atoms with E-state index in [2.05, 4.69) is 13.8 Å². The van der Waals surface area contributed by atoms with E-state index in [1.54, 1.807) is 0 Å². The maximum absolute atomic E-state index is 13.0. The highest BCUT2D eigenvalue weighted by Crippen LogP contribution is 2.14. The third-order valence-electron chi connectivity index (χ3n) is 6.56. The molecule has 35 heavy (non-hydrogen) atoms. The van der Waals surface area contributed by atoms with Crippen molar-refractivity contribution in [1.29, 1.82) is 0 Å². The van der Waals surface area contributed by atoms with Gasteiger partial charge in [-0.1, -0.05) is 71.6 Å². The molecule has 4 N–H and O–H groups in total. The van der Waals surface area contributed by atoms with Crippen LogP contribution in [0.2, 0.25) is 0 Å². The second-order valence-electron chi connectivity index (χ2n) is 10.1. The van der Waals surface area contributed by atoms with Crippen molar-refractivity contribution in [2.45, 2.75) is 84.5 Å². The van der Waals surface area contributed by atoms with Crippen LogP contribution in [-0.4, -0.2) is 120 Å². The first-order chi connectivity index (χ1) is 17.0. The molecule has 0 aromatic rings. The molecule has 0 rings (SSSR count). The number of carbonyl (C=O) groups excluding carboxylic acids is 1. The Bertz CT molecular complexity index is 436. The molecule has 0 bridgehead atoms. The minimum absolute atomic E-state index is 0.0205. The molecule has 0 saturated carbocycles. The zero-order valence-corrected chi connectivity index (χ0v) is 22.9. The molecule has 210 valence electrons. The van der Waals surface area contributed by atoms with Gasteiger partial charge < -0.3 is 25.3 Å². The van der Waals surface area contributed by atoms with Crippen molar-refractivity contribution >= 4 is 5.91 Å². The fourth-order valence-electron chi connectivity index (χ4n) is 4.35. The molecule has 0 spiro atoms. The van der Waals surface area contributed by atoms with Crippen molar-refractivity contribution in [3.8, 4) is 0 Å². The van der Waals surface area contributed by atoms with Crippen LogP contribution in [0.15, 0.2) is 0 Å². The molecule has 0 heterocycles. The number of rotatable bonds is 26. The van der Waals surface area contributed by atoms with Gasteiger partial charge in [0.15, 0.2) is 0 Å². The lowest BCUT2D eigenvalue weighted by Gasteiger charge is -2.29. The zero-order valence-electron chi connectivity index (χ0n) is 22.9. The summed E-state index contributed by atoms with van der Waals surface area (Å²) < 4.78 is 0. The predicted octanol–water partition coefficient (Wildman–Crippen LogP) is 2.34. The van der Waals surface area contributed by atoms with Gasteiger partial charge in [-0.2, -0.15) is 0 Å². The quantitative estimate of drug-likeness (QED) is 0.134. The number of amides is 1. The minimum Gasteiger partial charge on any atom is -0.395 e. The van der Waals surface area contributed by atoms with Crippen molar-refractivity contribution in [2.24, 2.45) is 5.92 Å². The zero-order chi connectivity index (χ0) is 26.2. The summed E-state index contributed by atoms with van der Waals surface area (Å²) in [5.74, 6) is 0.949. The molecular formula is C27H57N3O5. The van der Waals surface area contributed by atoms with Gasteiger partial charge in [-0.05, 0) is 12.3 Å². The molecule has 0 atom stereocenters. The third kappa shape index (κ3) is 21.1. The lowest BCUT2D eigenvalue weighted by Crippen LogP contribution is -2.44. The predicted molar refractivity (Wildman–Crippen MR) is 143 cm³/mol. The van der Waals surface area contributed by atoms with Gasteiger partial charge in [-0.25, -0.2) is 0 Å². The molecule has 8 heteroatoms. The van der Waals surface area contributed by atoms with Crippen molar-refractivity contribution in [3.05, 3.63) is 0 Å². The Labute approximate surface area is 215 Å². The molecule has 0 saturated heterocycles. The summed E-state index contributed by atoms with van der Waals surface area (Å²) >= 11 is 0. The van der Waals surface area contributed by atoms with Crippen LogP contribution in [0.5, 0.6) is 0 Å². The summed E-state index contributed by atoms with van der Waals surface area (Å²) in [6.07, 6.45) is 12.9. The average Bonchev–Trinajstić information content (AvgIpc) is 2.82. The summed E-state index contributed by atoms with van der Waals surface area (Å²) in [7, 11) is 0. The normalized spacial score (nSPS) is 11.8. The van der Waals surface area contributed by atoms with E-state index in [-0.39, 0.29) is 32.3 Å². The fraction of sp³-hybridized carbons (Fsp3) is 0.963. The van der Waals surface area contributed by atoms with Crippen LogP contribution in [0, 0.1) is 5.92 Å². The van der Waals surface area contributed by atoms with Crippen LogP contribution in [0.1, 0.15) is 84.5 Å². The van der Waals surface area contributed by atoms with Gasteiger partial charge in [0.05, 0.1) is 26.4 Å². The molecule has 0 aliphatic carbocycles. The second kappa shape index (κ2) is 24.9. The molecule has 0 fully saturated rings. The topological polar surface area (TPSA) is 108 Å². The van der Waals surface area contributed by atoms with E-state index in [1.165, 1.54) is 51.4 Å². The van der Waals surface area contributed by atoms with Crippen LogP contribution in [0.4, 0.5) is 0 Å². The van der Waals surface area contributed by atoms with Gasteiger partial charge in [-0.3, -0.25) is 14.6 Å². The van der Waals surface area contributed by atoms with Crippen LogP contribution >= 0.6 is 0 Å². The summed E-state index contributed by atoms with van der Waals surface area (Å²) in [6.45, 7) is 8.84. The second-order valence-corrected chi connectivity index (χ2v) is 10.1. The van der Waals surface area contributed by atoms with Gasteiger partial charge >= 0.3 is 0 Å². The van der Waals surface area contributed by atoms with Crippen molar-refractivity contribution in [3.63, 3.8) is 0 Å². The standard InChI is InChI=1S/C27H57N3O5/c1-26(2)12-10-8-6-4-3-5-7-9-11-13-27(35)30(16-14-28(18-22-31)19-23-32)17-15-29(20-24-33)21-25-34/h26,31-34H,3-25H2,1-2H3. The lowest BCUT2D eigenvalue weighted by molar-refractivity contribution is -0.131. The SMILES string of the molecule is CC(C)CCCCCCCCCCCC(=O)N(CCN(CCO)CCO)CCN(CCO)CCO. The van der Waals surface area contributed by atoms with Crippen LogP contribution in [-0.2, 0) is 4.79 Å². The average molecular weight is 504 g/mol. The van der Waals surface area contributed by atoms with Gasteiger partial charge in [0.2, 0.25) is 5.91 Å². The maximum Gasteiger partial charge on any atom is 0.222 e. The summed E-state index contributed by atoms with van der Waals surface area (Å²) in [5, 5.41) is 37.0. The number of unbranched alkanes of at least 4 members (excludes halogenated alkanes) is 8. The number of aliphatic hydroxyl groups is 4. The first-order valence-corrected chi connectivity index (χ1v) is 14.1. The number of carbonyl (C=O) groups is 1. The van der Waals surface area contributed by atoms with E-state index in [9.17, 15) is 25.2 Å². The first-order valence-electron chi connectivity index (χ1n) is 14.1. The van der Waals surface area contributed by atoms with Crippen molar-refractivity contribution in [1.82, 2.24) is 14.7 Å². The van der Waals surface area contributed by atoms with Crippen LogP contribution in [0.3, 0.4) is 0 Å².